The van der Waals surface area contributed by atoms with Gasteiger partial charge in [-0.05, 0) is 75.0 Å². The molecular weight excluding hydrogens is 552 g/mol. The van der Waals surface area contributed by atoms with Gasteiger partial charge >= 0.3 is 5.97 Å². The molecule has 2 atom stereocenters. The molecule has 2 aromatic heterocycles. The number of carboxylic acids is 1. The first-order valence-electron chi connectivity index (χ1n) is 15.1. The second kappa shape index (κ2) is 11.1. The van der Waals surface area contributed by atoms with E-state index in [2.05, 4.69) is 10.3 Å². The number of aromatic amines is 1. The van der Waals surface area contributed by atoms with Crippen LogP contribution in [0.5, 0.6) is 0 Å². The lowest BCUT2D eigenvalue weighted by Crippen LogP contribution is -2.51. The number of halogens is 2. The number of hydrogen-bond donors (Lipinski definition) is 3. The van der Waals surface area contributed by atoms with Crippen LogP contribution in [-0.4, -0.2) is 56.0 Å². The van der Waals surface area contributed by atoms with Gasteiger partial charge in [0.2, 0.25) is 0 Å². The van der Waals surface area contributed by atoms with E-state index in [1.165, 1.54) is 6.07 Å². The van der Waals surface area contributed by atoms with Gasteiger partial charge in [-0.25, -0.2) is 18.7 Å². The Kier molecular flexibility index (Phi) is 7.07. The molecule has 3 saturated carbocycles. The van der Waals surface area contributed by atoms with Crippen molar-refractivity contribution in [2.24, 2.45) is 17.8 Å². The Morgan fingerprint density at radius 1 is 0.930 bits per heavy atom. The number of nitrogens with one attached hydrogen (secondary N) is 2. The van der Waals surface area contributed by atoms with Crippen LogP contribution in [-0.2, 0) is 4.79 Å². The molecule has 43 heavy (non-hydrogen) atoms. The Labute approximate surface area is 247 Å². The van der Waals surface area contributed by atoms with Crippen LogP contribution in [0.15, 0.2) is 48.7 Å². The monoisotopic (exact) mass is 585 g/mol. The van der Waals surface area contributed by atoms with Crippen LogP contribution in [0.1, 0.15) is 55.3 Å². The summed E-state index contributed by atoms with van der Waals surface area (Å²) in [6.45, 7) is 1.52. The standard InChI is InChI=1S/C33H33F2N5O3/c34-22-14-23-24(17-36-30(23)25(35)15-22)31-37-26(18-4-10-21(11-5-18)32(41)40-12-2-1-3-13-40)16-27(39-31)38-29-20-8-6-19(7-9-20)28(29)33(42)43/h4-5,10-11,14-17,19-20,28-29,36H,1-3,6-9,12-13H2,(H,42,43)(H,37,38,39)/t19?,20?,28-,29-/m0/s1. The highest BCUT2D eigenvalue weighted by Gasteiger charge is 2.47. The summed E-state index contributed by atoms with van der Waals surface area (Å²) in [6.07, 6.45) is 8.46. The molecule has 1 aliphatic heterocycles. The van der Waals surface area contributed by atoms with Crippen molar-refractivity contribution in [2.75, 3.05) is 18.4 Å². The fraction of sp³-hybridized carbons (Fsp3) is 0.394. The average molecular weight is 586 g/mol. The Morgan fingerprint density at radius 2 is 1.65 bits per heavy atom. The number of fused-ring (bicyclic) bond motifs is 4. The van der Waals surface area contributed by atoms with Crippen LogP contribution in [0.4, 0.5) is 14.6 Å². The second-order valence-corrected chi connectivity index (χ2v) is 12.1. The number of likely N-dealkylation sites (tertiary alicyclic amines) is 1. The molecule has 3 N–H and O–H groups in total. The van der Waals surface area contributed by atoms with Gasteiger partial charge in [-0.3, -0.25) is 9.59 Å². The number of benzene rings is 2. The summed E-state index contributed by atoms with van der Waals surface area (Å²) in [7, 11) is 0. The maximum Gasteiger partial charge on any atom is 0.308 e. The molecule has 0 radical (unpaired) electrons. The van der Waals surface area contributed by atoms with Gasteiger partial charge < -0.3 is 20.3 Å². The van der Waals surface area contributed by atoms with Gasteiger partial charge in [-0.1, -0.05) is 12.1 Å². The van der Waals surface area contributed by atoms with Gasteiger partial charge in [0, 0.05) is 59.5 Å². The summed E-state index contributed by atoms with van der Waals surface area (Å²) < 4.78 is 28.8. The molecule has 8 nitrogen and oxygen atoms in total. The maximum absolute atomic E-state index is 14.5. The number of amides is 1. The summed E-state index contributed by atoms with van der Waals surface area (Å²) in [5.41, 5.74) is 2.46. The highest BCUT2D eigenvalue weighted by atomic mass is 19.1. The van der Waals surface area contributed by atoms with Crippen molar-refractivity contribution in [1.82, 2.24) is 19.9 Å². The van der Waals surface area contributed by atoms with Crippen LogP contribution < -0.4 is 5.32 Å². The molecule has 1 saturated heterocycles. The van der Waals surface area contributed by atoms with E-state index in [0.717, 1.165) is 69.7 Å². The van der Waals surface area contributed by atoms with Crippen molar-refractivity contribution in [3.05, 3.63) is 65.9 Å². The molecule has 0 spiro atoms. The van der Waals surface area contributed by atoms with Crippen molar-refractivity contribution in [1.29, 1.82) is 0 Å². The Morgan fingerprint density at radius 3 is 2.37 bits per heavy atom. The third-order valence-electron chi connectivity index (χ3n) is 9.56. The van der Waals surface area contributed by atoms with Crippen LogP contribution in [0, 0.1) is 29.4 Å². The van der Waals surface area contributed by atoms with Crippen LogP contribution in [0.3, 0.4) is 0 Å². The molecular formula is C33H33F2N5O3. The largest absolute Gasteiger partial charge is 0.481 e. The Bertz CT molecular complexity index is 1690. The normalized spacial score (nSPS) is 23.4. The van der Waals surface area contributed by atoms with Crippen molar-refractivity contribution < 1.29 is 23.5 Å². The number of piperidine rings is 1. The van der Waals surface area contributed by atoms with Gasteiger partial charge in [-0.2, -0.15) is 0 Å². The summed E-state index contributed by atoms with van der Waals surface area (Å²) in [6, 6.07) is 10.8. The fourth-order valence-electron chi connectivity index (χ4n) is 7.38. The van der Waals surface area contributed by atoms with E-state index < -0.39 is 23.5 Å². The molecule has 8 rings (SSSR count). The van der Waals surface area contributed by atoms with Crippen molar-refractivity contribution in [3.8, 4) is 22.6 Å². The van der Waals surface area contributed by atoms with Crippen LogP contribution >= 0.6 is 0 Å². The van der Waals surface area contributed by atoms with E-state index in [9.17, 15) is 23.5 Å². The quantitative estimate of drug-likeness (QED) is 0.238. The number of carbonyl (C=O) groups excluding carboxylic acids is 1. The minimum absolute atomic E-state index is 0.00638. The van der Waals surface area contributed by atoms with E-state index >= 15 is 0 Å². The molecule has 1 amide bonds. The third kappa shape index (κ3) is 5.13. The molecule has 3 aliphatic carbocycles. The number of aliphatic carboxylic acids is 1. The van der Waals surface area contributed by atoms with E-state index in [1.807, 2.05) is 17.0 Å². The van der Waals surface area contributed by atoms with E-state index in [0.29, 0.717) is 28.0 Å². The molecule has 0 unspecified atom stereocenters. The minimum atomic E-state index is -0.807. The predicted molar refractivity (Wildman–Crippen MR) is 158 cm³/mol. The molecule has 4 aliphatic rings. The van der Waals surface area contributed by atoms with E-state index in [1.54, 1.807) is 24.4 Å². The molecule has 222 valence electrons. The van der Waals surface area contributed by atoms with E-state index in [4.69, 9.17) is 9.97 Å². The topological polar surface area (TPSA) is 111 Å². The highest BCUT2D eigenvalue weighted by Crippen LogP contribution is 2.46. The lowest BCUT2D eigenvalue weighted by molar-refractivity contribution is -0.148. The second-order valence-electron chi connectivity index (χ2n) is 12.1. The van der Waals surface area contributed by atoms with Crippen LogP contribution in [0.2, 0.25) is 0 Å². The smallest absolute Gasteiger partial charge is 0.308 e. The molecule has 4 fully saturated rings. The number of hydrogen-bond acceptors (Lipinski definition) is 5. The Balaban J connectivity index is 1.28. The van der Waals surface area contributed by atoms with Crippen LogP contribution in [0.25, 0.3) is 33.5 Å². The average Bonchev–Trinajstić information content (AvgIpc) is 3.46. The Hall–Kier alpha value is -4.34. The van der Waals surface area contributed by atoms with Gasteiger partial charge in [0.25, 0.3) is 5.91 Å². The molecule has 10 heteroatoms. The number of anilines is 1. The molecule has 4 aromatic rings. The lowest BCUT2D eigenvalue weighted by atomic mass is 9.61. The third-order valence-corrected chi connectivity index (χ3v) is 9.56. The zero-order valence-electron chi connectivity index (χ0n) is 23.7. The number of aromatic nitrogens is 3. The SMILES string of the molecule is O=C(O)[C@H]1C2CCC(CC2)[C@@H]1Nc1cc(-c2ccc(C(=O)N3CCCCC3)cc2)nc(-c2c[nH]c3c(F)cc(F)cc23)n1. The first-order chi connectivity index (χ1) is 20.9. The number of rotatable bonds is 6. The number of nitrogens with zero attached hydrogens (tertiary/aromatic N) is 3. The zero-order chi connectivity index (χ0) is 29.7. The summed E-state index contributed by atoms with van der Waals surface area (Å²) in [5, 5.41) is 13.9. The molecule has 2 aromatic carbocycles. The summed E-state index contributed by atoms with van der Waals surface area (Å²) >= 11 is 0. The number of carboxylic acid groups (broad SMARTS) is 1. The van der Waals surface area contributed by atoms with Crippen molar-refractivity contribution in [2.45, 2.75) is 51.0 Å². The number of H-pyrrole nitrogens is 1. The minimum Gasteiger partial charge on any atom is -0.481 e. The molecule has 3 heterocycles. The summed E-state index contributed by atoms with van der Waals surface area (Å²) in [4.78, 5) is 39.7. The van der Waals surface area contributed by atoms with Crippen molar-refractivity contribution in [3.63, 3.8) is 0 Å². The lowest BCUT2D eigenvalue weighted by Gasteiger charge is -2.47. The van der Waals surface area contributed by atoms with Gasteiger partial charge in [0.05, 0.1) is 17.1 Å². The fourth-order valence-corrected chi connectivity index (χ4v) is 7.38. The first kappa shape index (κ1) is 27.5. The number of carbonyl (C=O) groups is 2. The van der Waals surface area contributed by atoms with Gasteiger partial charge in [0.1, 0.15) is 17.5 Å². The van der Waals surface area contributed by atoms with Crippen molar-refractivity contribution >= 4 is 28.6 Å². The first-order valence-corrected chi connectivity index (χ1v) is 15.1. The van der Waals surface area contributed by atoms with E-state index in [-0.39, 0.29) is 35.1 Å². The van der Waals surface area contributed by atoms with Gasteiger partial charge in [-0.15, -0.1) is 0 Å². The highest BCUT2D eigenvalue weighted by molar-refractivity contribution is 5.96. The maximum atomic E-state index is 14.5. The predicted octanol–water partition coefficient (Wildman–Crippen LogP) is 6.50. The zero-order valence-corrected chi connectivity index (χ0v) is 23.7. The van der Waals surface area contributed by atoms with Gasteiger partial charge in [0.15, 0.2) is 5.82 Å². The molecule has 2 bridgehead atoms. The summed E-state index contributed by atoms with van der Waals surface area (Å²) in [5.74, 6) is -1.73.